The lowest BCUT2D eigenvalue weighted by molar-refractivity contribution is -0.117. The van der Waals surface area contributed by atoms with Crippen molar-refractivity contribution in [2.45, 2.75) is 17.1 Å². The number of aromatic carboxylic acids is 1. The number of imide groups is 1. The Hall–Kier alpha value is -3.30. The lowest BCUT2D eigenvalue weighted by atomic mass is 10.0. The minimum Gasteiger partial charge on any atom is -0.477 e. The molecule has 0 saturated heterocycles. The summed E-state index contributed by atoms with van der Waals surface area (Å²) in [6.07, 6.45) is -0.133. The van der Waals surface area contributed by atoms with Crippen LogP contribution in [0.2, 0.25) is 0 Å². The van der Waals surface area contributed by atoms with E-state index >= 15 is 0 Å². The highest BCUT2D eigenvalue weighted by molar-refractivity contribution is 7.90. The van der Waals surface area contributed by atoms with Gasteiger partial charge in [0.15, 0.2) is 9.84 Å². The van der Waals surface area contributed by atoms with E-state index in [0.717, 1.165) is 16.2 Å². The summed E-state index contributed by atoms with van der Waals surface area (Å²) >= 11 is 0.890. The molecule has 9 heteroatoms. The Kier molecular flexibility index (Phi) is 5.00. The predicted octanol–water partition coefficient (Wildman–Crippen LogP) is 3.15. The van der Waals surface area contributed by atoms with E-state index in [1.165, 1.54) is 29.6 Å². The lowest BCUT2D eigenvalue weighted by Crippen LogP contribution is -2.42. The van der Waals surface area contributed by atoms with Gasteiger partial charge in [0.2, 0.25) is 5.91 Å². The fourth-order valence-electron chi connectivity index (χ4n) is 3.34. The second-order valence-corrected chi connectivity index (χ2v) is 9.59. The molecule has 152 valence electrons. The number of benzene rings is 2. The zero-order valence-electron chi connectivity index (χ0n) is 15.4. The third-order valence-electron chi connectivity index (χ3n) is 4.70. The monoisotopic (exact) mass is 441 g/mol. The van der Waals surface area contributed by atoms with Gasteiger partial charge in [-0.1, -0.05) is 36.4 Å². The average molecular weight is 441 g/mol. The highest BCUT2D eigenvalue weighted by atomic mass is 32.2. The number of thiophene rings is 1. The van der Waals surface area contributed by atoms with Gasteiger partial charge in [0.1, 0.15) is 4.88 Å². The minimum absolute atomic E-state index is 0.0235. The van der Waals surface area contributed by atoms with Crippen LogP contribution < -0.4 is 4.90 Å². The fraction of sp³-hybridized carbons (Fsp3) is 0.0952. The first kappa shape index (κ1) is 20.0. The maximum Gasteiger partial charge on any atom is 0.346 e. The molecule has 0 spiro atoms. The van der Waals surface area contributed by atoms with Crippen LogP contribution in [0.4, 0.5) is 5.69 Å². The van der Waals surface area contributed by atoms with Gasteiger partial charge in [0.05, 0.1) is 28.3 Å². The van der Waals surface area contributed by atoms with Crippen molar-refractivity contribution >= 4 is 44.6 Å². The van der Waals surface area contributed by atoms with E-state index in [2.05, 4.69) is 0 Å². The van der Waals surface area contributed by atoms with Crippen molar-refractivity contribution in [2.75, 3.05) is 4.90 Å². The summed E-state index contributed by atoms with van der Waals surface area (Å²) < 4.78 is 25.7. The molecule has 0 bridgehead atoms. The molecule has 2 amide bonds. The molecule has 0 saturated carbocycles. The van der Waals surface area contributed by atoms with Crippen LogP contribution in [-0.2, 0) is 26.8 Å². The third-order valence-corrected chi connectivity index (χ3v) is 7.41. The van der Waals surface area contributed by atoms with Crippen LogP contribution in [0.1, 0.15) is 31.2 Å². The van der Waals surface area contributed by atoms with Gasteiger partial charge in [-0.3, -0.25) is 9.59 Å². The van der Waals surface area contributed by atoms with Gasteiger partial charge in [0.25, 0.3) is 5.91 Å². The van der Waals surface area contributed by atoms with Crippen molar-refractivity contribution in [3.63, 3.8) is 0 Å². The SMILES string of the molecule is O=C(O)c1scc2c1C(=O)N(c1cccc(S(=O)(=O)Cc3ccccc3)c1)C(=O)C2. The van der Waals surface area contributed by atoms with Crippen LogP contribution in [0.3, 0.4) is 0 Å². The number of rotatable bonds is 5. The van der Waals surface area contributed by atoms with Gasteiger partial charge in [-0.2, -0.15) is 0 Å². The van der Waals surface area contributed by atoms with Crippen molar-refractivity contribution in [3.8, 4) is 0 Å². The molecule has 1 aromatic heterocycles. The summed E-state index contributed by atoms with van der Waals surface area (Å²) in [6.45, 7) is 0. The quantitative estimate of drug-likeness (QED) is 0.609. The Morgan fingerprint density at radius 3 is 2.50 bits per heavy atom. The smallest absolute Gasteiger partial charge is 0.346 e. The molecule has 1 aliphatic heterocycles. The summed E-state index contributed by atoms with van der Waals surface area (Å²) in [5.74, 6) is -2.78. The predicted molar refractivity (Wildman–Crippen MR) is 111 cm³/mol. The number of anilines is 1. The molecule has 3 aromatic rings. The number of hydrogen-bond donors (Lipinski definition) is 1. The molecule has 7 nitrogen and oxygen atoms in total. The number of carbonyl (C=O) groups excluding carboxylic acids is 2. The Morgan fingerprint density at radius 2 is 1.80 bits per heavy atom. The largest absolute Gasteiger partial charge is 0.477 e. The maximum absolute atomic E-state index is 13.0. The second kappa shape index (κ2) is 7.51. The zero-order chi connectivity index (χ0) is 21.5. The molecule has 0 fully saturated rings. The molecule has 2 heterocycles. The number of carbonyl (C=O) groups is 3. The van der Waals surface area contributed by atoms with Crippen LogP contribution >= 0.6 is 11.3 Å². The first-order valence-corrected chi connectivity index (χ1v) is 11.4. The molecule has 0 atom stereocenters. The normalized spacial score (nSPS) is 13.9. The number of carboxylic acids is 1. The van der Waals surface area contributed by atoms with E-state index in [4.69, 9.17) is 0 Å². The van der Waals surface area contributed by atoms with Crippen LogP contribution in [0.15, 0.2) is 64.9 Å². The summed E-state index contributed by atoms with van der Waals surface area (Å²) in [7, 11) is -3.72. The lowest BCUT2D eigenvalue weighted by Gasteiger charge is -2.26. The molecule has 30 heavy (non-hydrogen) atoms. The maximum atomic E-state index is 13.0. The topological polar surface area (TPSA) is 109 Å². The molecule has 0 aliphatic carbocycles. The Morgan fingerprint density at radius 1 is 1.07 bits per heavy atom. The molecule has 2 aromatic carbocycles. The van der Waals surface area contributed by atoms with E-state index in [1.807, 2.05) is 0 Å². The Balaban J connectivity index is 1.72. The minimum atomic E-state index is -3.72. The summed E-state index contributed by atoms with van der Waals surface area (Å²) in [6, 6.07) is 14.2. The zero-order valence-corrected chi connectivity index (χ0v) is 17.1. The third kappa shape index (κ3) is 3.53. The van der Waals surface area contributed by atoms with Gasteiger partial charge < -0.3 is 5.11 Å². The van der Waals surface area contributed by atoms with E-state index in [1.54, 1.807) is 30.3 Å². The highest BCUT2D eigenvalue weighted by Gasteiger charge is 2.37. The van der Waals surface area contributed by atoms with Crippen LogP contribution in [0, 0.1) is 0 Å². The van der Waals surface area contributed by atoms with Gasteiger partial charge in [-0.25, -0.2) is 18.1 Å². The molecular formula is C21H15NO6S2. The average Bonchev–Trinajstić information content (AvgIpc) is 3.13. The number of amides is 2. The first-order chi connectivity index (χ1) is 14.3. The molecule has 1 N–H and O–H groups in total. The molecule has 0 unspecified atom stereocenters. The standard InChI is InChI=1S/C21H15NO6S2/c23-17-9-14-11-29-19(21(25)26)18(14)20(24)22(17)15-7-4-8-16(10-15)30(27,28)12-13-5-2-1-3-6-13/h1-8,10-11H,9,12H2,(H,25,26). The van der Waals surface area contributed by atoms with Gasteiger partial charge in [-0.05, 0) is 34.7 Å². The number of nitrogens with zero attached hydrogens (tertiary/aromatic N) is 1. The molecule has 0 radical (unpaired) electrons. The van der Waals surface area contributed by atoms with Crippen molar-refractivity contribution in [2.24, 2.45) is 0 Å². The van der Waals surface area contributed by atoms with Gasteiger partial charge in [0, 0.05) is 0 Å². The number of hydrogen-bond acceptors (Lipinski definition) is 6. The number of carboxylic acid groups (broad SMARTS) is 1. The van der Waals surface area contributed by atoms with Crippen molar-refractivity contribution in [1.82, 2.24) is 0 Å². The van der Waals surface area contributed by atoms with Crippen LogP contribution in [0.25, 0.3) is 0 Å². The Labute approximate surface area is 176 Å². The summed E-state index contributed by atoms with van der Waals surface area (Å²) in [5.41, 5.74) is 1.05. The number of fused-ring (bicyclic) bond motifs is 1. The van der Waals surface area contributed by atoms with Crippen LogP contribution in [0.5, 0.6) is 0 Å². The summed E-state index contributed by atoms with van der Waals surface area (Å²) in [5, 5.41) is 10.8. The van der Waals surface area contributed by atoms with E-state index in [0.29, 0.717) is 11.1 Å². The Bertz CT molecular complexity index is 1280. The van der Waals surface area contributed by atoms with E-state index < -0.39 is 27.6 Å². The van der Waals surface area contributed by atoms with E-state index in [-0.39, 0.29) is 33.2 Å². The van der Waals surface area contributed by atoms with Crippen molar-refractivity contribution < 1.29 is 27.9 Å². The van der Waals surface area contributed by atoms with Crippen molar-refractivity contribution in [3.05, 3.63) is 81.5 Å². The molecule has 4 rings (SSSR count). The van der Waals surface area contributed by atoms with Crippen LogP contribution in [-0.4, -0.2) is 31.3 Å². The highest BCUT2D eigenvalue weighted by Crippen LogP contribution is 2.32. The number of sulfone groups is 1. The second-order valence-electron chi connectivity index (χ2n) is 6.72. The van der Waals surface area contributed by atoms with Gasteiger partial charge in [-0.15, -0.1) is 11.3 Å². The van der Waals surface area contributed by atoms with Crippen molar-refractivity contribution in [1.29, 1.82) is 0 Å². The van der Waals surface area contributed by atoms with Gasteiger partial charge >= 0.3 is 5.97 Å². The molecule has 1 aliphatic rings. The fourth-order valence-corrected chi connectivity index (χ4v) is 5.62. The molecular weight excluding hydrogens is 426 g/mol. The summed E-state index contributed by atoms with van der Waals surface area (Å²) in [4.78, 5) is 37.7. The van der Waals surface area contributed by atoms with E-state index in [9.17, 15) is 27.9 Å². The first-order valence-electron chi connectivity index (χ1n) is 8.85.